The Kier molecular flexibility index (Phi) is 4.35. The fourth-order valence-electron chi connectivity index (χ4n) is 2.39. The Morgan fingerprint density at radius 1 is 1.39 bits per heavy atom. The lowest BCUT2D eigenvalue weighted by atomic mass is 9.73. The van der Waals surface area contributed by atoms with Gasteiger partial charge in [0.05, 0.1) is 6.61 Å². The van der Waals surface area contributed by atoms with Gasteiger partial charge in [0.2, 0.25) is 0 Å². The highest BCUT2D eigenvalue weighted by atomic mass is 16.5. The SMILES string of the molecule is CC1(C)CCC(c2noc(COCCN)n2)CC1. The molecule has 1 heterocycles. The summed E-state index contributed by atoms with van der Waals surface area (Å²) in [6.07, 6.45) is 4.75. The molecule has 1 aliphatic carbocycles. The lowest BCUT2D eigenvalue weighted by Crippen LogP contribution is -2.20. The van der Waals surface area contributed by atoms with E-state index in [2.05, 4.69) is 24.0 Å². The first-order chi connectivity index (χ1) is 8.61. The van der Waals surface area contributed by atoms with Crippen LogP contribution in [0.5, 0.6) is 0 Å². The first kappa shape index (κ1) is 13.5. The molecule has 1 fully saturated rings. The van der Waals surface area contributed by atoms with Crippen molar-refractivity contribution in [1.82, 2.24) is 10.1 Å². The fourth-order valence-corrected chi connectivity index (χ4v) is 2.39. The van der Waals surface area contributed by atoms with Crippen molar-refractivity contribution in [1.29, 1.82) is 0 Å². The maximum absolute atomic E-state index is 5.35. The van der Waals surface area contributed by atoms with E-state index in [1.165, 1.54) is 12.8 Å². The first-order valence-corrected chi connectivity index (χ1v) is 6.71. The number of hydrogen-bond acceptors (Lipinski definition) is 5. The van der Waals surface area contributed by atoms with Crippen LogP contribution in [0.1, 0.15) is 57.2 Å². The van der Waals surface area contributed by atoms with Crippen molar-refractivity contribution in [2.75, 3.05) is 13.2 Å². The maximum atomic E-state index is 5.35. The standard InChI is InChI=1S/C13H23N3O2/c1-13(2)5-3-10(4-6-13)12-15-11(18-16-12)9-17-8-7-14/h10H,3-9,14H2,1-2H3. The van der Waals surface area contributed by atoms with E-state index in [0.29, 0.717) is 37.0 Å². The summed E-state index contributed by atoms with van der Waals surface area (Å²) in [6.45, 7) is 6.05. The number of aromatic nitrogens is 2. The zero-order valence-corrected chi connectivity index (χ0v) is 11.3. The molecule has 102 valence electrons. The van der Waals surface area contributed by atoms with Crippen LogP contribution < -0.4 is 5.73 Å². The third-order valence-electron chi connectivity index (χ3n) is 3.68. The lowest BCUT2D eigenvalue weighted by molar-refractivity contribution is 0.104. The van der Waals surface area contributed by atoms with Crippen LogP contribution in [0.3, 0.4) is 0 Å². The van der Waals surface area contributed by atoms with Crippen LogP contribution in [0.15, 0.2) is 4.52 Å². The highest BCUT2D eigenvalue weighted by molar-refractivity contribution is 4.98. The summed E-state index contributed by atoms with van der Waals surface area (Å²) < 4.78 is 10.5. The van der Waals surface area contributed by atoms with E-state index in [-0.39, 0.29) is 0 Å². The highest BCUT2D eigenvalue weighted by Crippen LogP contribution is 2.41. The van der Waals surface area contributed by atoms with E-state index in [1.807, 2.05) is 0 Å². The molecule has 0 atom stereocenters. The van der Waals surface area contributed by atoms with Gasteiger partial charge in [0.1, 0.15) is 6.61 Å². The molecule has 0 radical (unpaired) electrons. The molecule has 0 saturated heterocycles. The van der Waals surface area contributed by atoms with Gasteiger partial charge in [-0.25, -0.2) is 0 Å². The van der Waals surface area contributed by atoms with Crippen LogP contribution in [0, 0.1) is 5.41 Å². The number of nitrogens with zero attached hydrogens (tertiary/aromatic N) is 2. The molecule has 2 rings (SSSR count). The smallest absolute Gasteiger partial charge is 0.252 e. The number of nitrogens with two attached hydrogens (primary N) is 1. The molecule has 2 N–H and O–H groups in total. The van der Waals surface area contributed by atoms with Gasteiger partial charge in [-0.2, -0.15) is 4.98 Å². The van der Waals surface area contributed by atoms with Gasteiger partial charge < -0.3 is 15.0 Å². The molecule has 0 bridgehead atoms. The molecular formula is C13H23N3O2. The molecule has 1 aliphatic rings. The largest absolute Gasteiger partial charge is 0.370 e. The van der Waals surface area contributed by atoms with Crippen molar-refractivity contribution < 1.29 is 9.26 Å². The second kappa shape index (κ2) is 5.80. The van der Waals surface area contributed by atoms with E-state index in [9.17, 15) is 0 Å². The molecule has 1 saturated carbocycles. The zero-order valence-electron chi connectivity index (χ0n) is 11.3. The minimum atomic E-state index is 0.364. The number of hydrogen-bond donors (Lipinski definition) is 1. The van der Waals surface area contributed by atoms with Crippen LogP contribution in [0.4, 0.5) is 0 Å². The summed E-state index contributed by atoms with van der Waals surface area (Å²) in [7, 11) is 0. The molecule has 0 amide bonds. The first-order valence-electron chi connectivity index (χ1n) is 6.71. The molecular weight excluding hydrogens is 230 g/mol. The van der Waals surface area contributed by atoms with Crippen molar-refractivity contribution in [2.24, 2.45) is 11.1 Å². The highest BCUT2D eigenvalue weighted by Gasteiger charge is 2.30. The average Bonchev–Trinajstić information content (AvgIpc) is 2.78. The van der Waals surface area contributed by atoms with Gasteiger partial charge in [-0.05, 0) is 31.1 Å². The van der Waals surface area contributed by atoms with E-state index in [0.717, 1.165) is 18.7 Å². The Bertz CT molecular complexity index is 366. The van der Waals surface area contributed by atoms with Gasteiger partial charge in [-0.3, -0.25) is 0 Å². The Labute approximate surface area is 108 Å². The molecule has 0 unspecified atom stereocenters. The second-order valence-corrected chi connectivity index (χ2v) is 5.83. The van der Waals surface area contributed by atoms with Crippen LogP contribution in [0.25, 0.3) is 0 Å². The van der Waals surface area contributed by atoms with E-state index < -0.39 is 0 Å². The summed E-state index contributed by atoms with van der Waals surface area (Å²) >= 11 is 0. The minimum absolute atomic E-state index is 0.364. The minimum Gasteiger partial charge on any atom is -0.370 e. The van der Waals surface area contributed by atoms with Gasteiger partial charge in [-0.15, -0.1) is 0 Å². The Morgan fingerprint density at radius 3 is 2.78 bits per heavy atom. The molecule has 0 aliphatic heterocycles. The summed E-state index contributed by atoms with van der Waals surface area (Å²) in [4.78, 5) is 4.41. The maximum Gasteiger partial charge on any atom is 0.252 e. The summed E-state index contributed by atoms with van der Waals surface area (Å²) in [6, 6.07) is 0. The lowest BCUT2D eigenvalue weighted by Gasteiger charge is -2.32. The molecule has 1 aromatic heterocycles. The van der Waals surface area contributed by atoms with Crippen LogP contribution in [-0.4, -0.2) is 23.3 Å². The summed E-state index contributed by atoms with van der Waals surface area (Å²) in [5, 5.41) is 4.07. The molecule has 5 nitrogen and oxygen atoms in total. The van der Waals surface area contributed by atoms with Crippen LogP contribution >= 0.6 is 0 Å². The third-order valence-corrected chi connectivity index (χ3v) is 3.68. The molecule has 0 spiro atoms. The Morgan fingerprint density at radius 2 is 2.11 bits per heavy atom. The molecule has 1 aromatic rings. The van der Waals surface area contributed by atoms with Gasteiger partial charge in [-0.1, -0.05) is 19.0 Å². The number of ether oxygens (including phenoxy) is 1. The monoisotopic (exact) mass is 253 g/mol. The average molecular weight is 253 g/mol. The third kappa shape index (κ3) is 3.53. The Balaban J connectivity index is 1.86. The van der Waals surface area contributed by atoms with Crippen LogP contribution in [0.2, 0.25) is 0 Å². The topological polar surface area (TPSA) is 74.2 Å². The second-order valence-electron chi connectivity index (χ2n) is 5.83. The number of rotatable bonds is 5. The van der Waals surface area contributed by atoms with Crippen molar-refractivity contribution in [3.05, 3.63) is 11.7 Å². The van der Waals surface area contributed by atoms with Crippen LogP contribution in [-0.2, 0) is 11.3 Å². The van der Waals surface area contributed by atoms with Gasteiger partial charge in [0.15, 0.2) is 5.82 Å². The van der Waals surface area contributed by atoms with Crippen molar-refractivity contribution in [3.63, 3.8) is 0 Å². The van der Waals surface area contributed by atoms with Crippen molar-refractivity contribution in [3.8, 4) is 0 Å². The molecule has 5 heteroatoms. The summed E-state index contributed by atoms with van der Waals surface area (Å²) in [5.41, 5.74) is 5.81. The van der Waals surface area contributed by atoms with Gasteiger partial charge in [0.25, 0.3) is 5.89 Å². The normalized spacial score (nSPS) is 20.2. The van der Waals surface area contributed by atoms with Gasteiger partial charge in [0, 0.05) is 12.5 Å². The predicted molar refractivity (Wildman–Crippen MR) is 68.0 cm³/mol. The zero-order chi connectivity index (χ0) is 13.0. The predicted octanol–water partition coefficient (Wildman–Crippen LogP) is 2.23. The van der Waals surface area contributed by atoms with E-state index in [1.54, 1.807) is 0 Å². The van der Waals surface area contributed by atoms with Gasteiger partial charge >= 0.3 is 0 Å². The molecule has 18 heavy (non-hydrogen) atoms. The Hall–Kier alpha value is -0.940. The van der Waals surface area contributed by atoms with Crippen molar-refractivity contribution in [2.45, 2.75) is 52.1 Å². The van der Waals surface area contributed by atoms with Crippen molar-refractivity contribution >= 4 is 0 Å². The fraction of sp³-hybridized carbons (Fsp3) is 0.846. The summed E-state index contributed by atoms with van der Waals surface area (Å²) in [5.74, 6) is 1.85. The van der Waals surface area contributed by atoms with E-state index in [4.69, 9.17) is 15.0 Å². The molecule has 0 aromatic carbocycles. The quantitative estimate of drug-likeness (QED) is 0.814. The van der Waals surface area contributed by atoms with E-state index >= 15 is 0 Å².